The molecule has 3 aromatic rings. The Morgan fingerprint density at radius 3 is 2.28 bits per heavy atom. The third-order valence-corrected chi connectivity index (χ3v) is 6.27. The molecule has 32 heavy (non-hydrogen) atoms. The van der Waals surface area contributed by atoms with E-state index in [0.29, 0.717) is 11.9 Å². The molecule has 0 saturated heterocycles. The summed E-state index contributed by atoms with van der Waals surface area (Å²) in [6, 6.07) is 11.9. The summed E-state index contributed by atoms with van der Waals surface area (Å²) in [4.78, 5) is 7.61. The summed E-state index contributed by atoms with van der Waals surface area (Å²) in [5, 5.41) is 8.10. The van der Waals surface area contributed by atoms with E-state index in [-0.39, 0.29) is 33.5 Å². The van der Waals surface area contributed by atoms with Crippen LogP contribution in [0.4, 0.5) is 24.8 Å². The van der Waals surface area contributed by atoms with Gasteiger partial charge in [-0.05, 0) is 42.0 Å². The maximum Gasteiger partial charge on any atom is 0.417 e. The first-order valence-corrected chi connectivity index (χ1v) is 11.5. The average molecular weight is 531 g/mol. The van der Waals surface area contributed by atoms with E-state index in [9.17, 15) is 21.6 Å². The lowest BCUT2D eigenvalue weighted by atomic mass is 10.1. The van der Waals surface area contributed by atoms with Crippen LogP contribution in [0, 0.1) is 0 Å². The molecule has 0 aliphatic carbocycles. The predicted octanol–water partition coefficient (Wildman–Crippen LogP) is 4.57. The Morgan fingerprint density at radius 2 is 1.75 bits per heavy atom. The van der Waals surface area contributed by atoms with Gasteiger partial charge in [0.25, 0.3) is 0 Å². The van der Waals surface area contributed by atoms with Crippen molar-refractivity contribution in [1.82, 2.24) is 9.97 Å². The average Bonchev–Trinajstić information content (AvgIpc) is 2.73. The standard InChI is InChI=1S/C20H18BrF3N4O3S/c1-31-14-5-2-12(3-6-14)15(21)10-16-17(32(25,29)30)7-9-19(27-16)28-18-8-4-13(11-26-18)20(22,23)24/h2-9,11,15H,10H2,1H3,(H2,25,29,30)(H,26,27,28). The highest BCUT2D eigenvalue weighted by Crippen LogP contribution is 2.31. The number of aromatic nitrogens is 2. The topological polar surface area (TPSA) is 107 Å². The number of sulfonamides is 1. The molecule has 1 unspecified atom stereocenters. The van der Waals surface area contributed by atoms with Gasteiger partial charge in [0.05, 0.1) is 18.4 Å². The van der Waals surface area contributed by atoms with Crippen LogP contribution < -0.4 is 15.2 Å². The van der Waals surface area contributed by atoms with Crippen LogP contribution in [-0.2, 0) is 22.6 Å². The zero-order chi connectivity index (χ0) is 23.5. The molecule has 1 atom stereocenters. The number of rotatable bonds is 7. The Kier molecular flexibility index (Phi) is 7.06. The molecule has 0 amide bonds. The molecule has 2 heterocycles. The maximum atomic E-state index is 12.7. The van der Waals surface area contributed by atoms with Gasteiger partial charge in [0, 0.05) is 17.4 Å². The van der Waals surface area contributed by atoms with Crippen LogP contribution in [-0.4, -0.2) is 25.5 Å². The van der Waals surface area contributed by atoms with E-state index in [1.54, 1.807) is 19.2 Å². The van der Waals surface area contributed by atoms with Crippen LogP contribution in [0.25, 0.3) is 0 Å². The van der Waals surface area contributed by atoms with Gasteiger partial charge in [-0.3, -0.25) is 0 Å². The van der Waals surface area contributed by atoms with Crippen molar-refractivity contribution < 1.29 is 26.3 Å². The summed E-state index contributed by atoms with van der Waals surface area (Å²) in [5.41, 5.74) is 0.153. The van der Waals surface area contributed by atoms with Gasteiger partial charge in [0.1, 0.15) is 22.3 Å². The van der Waals surface area contributed by atoms with Gasteiger partial charge in [-0.25, -0.2) is 23.5 Å². The Morgan fingerprint density at radius 1 is 1.09 bits per heavy atom. The lowest BCUT2D eigenvalue weighted by Gasteiger charge is -2.15. The lowest BCUT2D eigenvalue weighted by molar-refractivity contribution is -0.137. The van der Waals surface area contributed by atoms with Crippen molar-refractivity contribution in [2.75, 3.05) is 12.4 Å². The number of pyridine rings is 2. The summed E-state index contributed by atoms with van der Waals surface area (Å²) in [6.07, 6.45) is -3.63. The number of primary sulfonamides is 1. The number of nitrogens with zero attached hydrogens (tertiary/aromatic N) is 2. The molecule has 0 fully saturated rings. The van der Waals surface area contributed by atoms with Crippen molar-refractivity contribution in [2.45, 2.75) is 22.3 Å². The molecular formula is C20H18BrF3N4O3S. The fraction of sp³-hybridized carbons (Fsp3) is 0.200. The van der Waals surface area contributed by atoms with Gasteiger partial charge in [0.2, 0.25) is 10.0 Å². The molecular weight excluding hydrogens is 513 g/mol. The maximum absolute atomic E-state index is 12.7. The van der Waals surface area contributed by atoms with Gasteiger partial charge >= 0.3 is 6.18 Å². The monoisotopic (exact) mass is 530 g/mol. The highest BCUT2D eigenvalue weighted by molar-refractivity contribution is 9.09. The van der Waals surface area contributed by atoms with E-state index in [1.165, 1.54) is 12.1 Å². The molecule has 0 bridgehead atoms. The third-order valence-electron chi connectivity index (χ3n) is 4.44. The first-order valence-electron chi connectivity index (χ1n) is 9.08. The van der Waals surface area contributed by atoms with Crippen LogP contribution in [0.1, 0.15) is 21.6 Å². The number of anilines is 2. The van der Waals surface area contributed by atoms with Crippen molar-refractivity contribution >= 4 is 37.6 Å². The van der Waals surface area contributed by atoms with Crippen molar-refractivity contribution in [3.8, 4) is 5.75 Å². The number of nitrogens with one attached hydrogen (secondary N) is 1. The molecule has 0 radical (unpaired) electrons. The van der Waals surface area contributed by atoms with Crippen molar-refractivity contribution in [1.29, 1.82) is 0 Å². The molecule has 3 rings (SSSR count). The van der Waals surface area contributed by atoms with E-state index in [2.05, 4.69) is 31.2 Å². The van der Waals surface area contributed by atoms with Gasteiger partial charge in [0.15, 0.2) is 0 Å². The second-order valence-corrected chi connectivity index (χ2v) is 9.32. The van der Waals surface area contributed by atoms with E-state index in [4.69, 9.17) is 9.88 Å². The highest BCUT2D eigenvalue weighted by Gasteiger charge is 2.30. The number of methoxy groups -OCH3 is 1. The number of nitrogens with two attached hydrogens (primary N) is 1. The Bertz CT molecular complexity index is 1190. The Labute approximate surface area is 191 Å². The molecule has 0 spiro atoms. The summed E-state index contributed by atoms with van der Waals surface area (Å²) in [5.74, 6) is 0.992. The Balaban J connectivity index is 1.87. The molecule has 0 saturated carbocycles. The summed E-state index contributed by atoms with van der Waals surface area (Å²) in [6.45, 7) is 0. The minimum absolute atomic E-state index is 0.116. The number of alkyl halides is 4. The van der Waals surface area contributed by atoms with Crippen LogP contribution in [0.15, 0.2) is 59.6 Å². The van der Waals surface area contributed by atoms with E-state index in [1.807, 2.05) is 12.1 Å². The van der Waals surface area contributed by atoms with Gasteiger partial charge in [-0.2, -0.15) is 13.2 Å². The Hall–Kier alpha value is -2.70. The van der Waals surface area contributed by atoms with Gasteiger partial charge in [-0.15, -0.1) is 0 Å². The number of ether oxygens (including phenoxy) is 1. The summed E-state index contributed by atoms with van der Waals surface area (Å²) >= 11 is 3.53. The number of halogens is 4. The summed E-state index contributed by atoms with van der Waals surface area (Å²) < 4.78 is 67.3. The minimum atomic E-state index is -4.50. The quantitative estimate of drug-likeness (QED) is 0.433. The molecule has 2 aromatic heterocycles. The summed E-state index contributed by atoms with van der Waals surface area (Å²) in [7, 11) is -2.51. The third kappa shape index (κ3) is 5.96. The van der Waals surface area contributed by atoms with Gasteiger partial charge in [-0.1, -0.05) is 28.1 Å². The molecule has 3 N–H and O–H groups in total. The number of hydrogen-bond acceptors (Lipinski definition) is 6. The molecule has 7 nitrogen and oxygen atoms in total. The fourth-order valence-corrected chi connectivity index (χ4v) is 4.16. The predicted molar refractivity (Wildman–Crippen MR) is 116 cm³/mol. The van der Waals surface area contributed by atoms with Crippen molar-refractivity contribution in [3.63, 3.8) is 0 Å². The number of benzene rings is 1. The molecule has 170 valence electrons. The van der Waals surface area contributed by atoms with E-state index < -0.39 is 21.8 Å². The van der Waals surface area contributed by atoms with Crippen LogP contribution >= 0.6 is 15.9 Å². The zero-order valence-corrected chi connectivity index (χ0v) is 19.0. The van der Waals surface area contributed by atoms with E-state index >= 15 is 0 Å². The first-order chi connectivity index (χ1) is 15.0. The first kappa shape index (κ1) is 24.0. The van der Waals surface area contributed by atoms with Crippen LogP contribution in [0.3, 0.4) is 0 Å². The van der Waals surface area contributed by atoms with Crippen molar-refractivity contribution in [3.05, 3.63) is 71.5 Å². The highest BCUT2D eigenvalue weighted by atomic mass is 79.9. The van der Waals surface area contributed by atoms with Crippen LogP contribution in [0.5, 0.6) is 5.75 Å². The molecule has 12 heteroatoms. The number of hydrogen-bond donors (Lipinski definition) is 2. The second kappa shape index (κ2) is 9.43. The molecule has 1 aromatic carbocycles. The zero-order valence-electron chi connectivity index (χ0n) is 16.6. The largest absolute Gasteiger partial charge is 0.497 e. The van der Waals surface area contributed by atoms with E-state index in [0.717, 1.165) is 17.7 Å². The smallest absolute Gasteiger partial charge is 0.417 e. The molecule has 0 aliphatic heterocycles. The fourth-order valence-electron chi connectivity index (χ4n) is 2.83. The SMILES string of the molecule is COc1ccc(C(Br)Cc2nc(Nc3ccc(C(F)(F)F)cn3)ccc2S(N)(=O)=O)cc1. The second-order valence-electron chi connectivity index (χ2n) is 6.69. The van der Waals surface area contributed by atoms with Crippen LogP contribution in [0.2, 0.25) is 0 Å². The molecule has 0 aliphatic rings. The lowest BCUT2D eigenvalue weighted by Crippen LogP contribution is -2.17. The van der Waals surface area contributed by atoms with Gasteiger partial charge < -0.3 is 10.1 Å². The van der Waals surface area contributed by atoms with Crippen molar-refractivity contribution in [2.24, 2.45) is 5.14 Å². The minimum Gasteiger partial charge on any atom is -0.497 e. The normalized spacial score (nSPS) is 12.9.